The smallest absolute Gasteiger partial charge is 0.220 e. The van der Waals surface area contributed by atoms with Crippen molar-refractivity contribution in [2.75, 3.05) is 45.2 Å². The molecule has 0 spiro atoms. The minimum Gasteiger partial charge on any atom is -0.495 e. The van der Waals surface area contributed by atoms with Crippen LogP contribution in [0.3, 0.4) is 0 Å². The first-order valence-corrected chi connectivity index (χ1v) is 11.3. The molecule has 1 aliphatic heterocycles. The average molecular weight is 564 g/mol. The first kappa shape index (κ1) is 25.8. The molecule has 7 nitrogen and oxygen atoms in total. The summed E-state index contributed by atoms with van der Waals surface area (Å²) in [5.74, 6) is 2.32. The van der Waals surface area contributed by atoms with Gasteiger partial charge in [0.25, 0.3) is 0 Å². The molecule has 1 saturated heterocycles. The van der Waals surface area contributed by atoms with E-state index in [1.807, 2.05) is 18.2 Å². The highest BCUT2D eigenvalue weighted by Gasteiger charge is 2.25. The van der Waals surface area contributed by atoms with Crippen molar-refractivity contribution in [3.05, 3.63) is 23.2 Å². The molecule has 2 fully saturated rings. The summed E-state index contributed by atoms with van der Waals surface area (Å²) in [6, 6.07) is 5.97. The fraction of sp³-hybridized carbons (Fsp3) is 0.636. The molecule has 0 aromatic heterocycles. The molecule has 1 amide bonds. The van der Waals surface area contributed by atoms with Crippen LogP contribution < -0.4 is 25.6 Å². The van der Waals surface area contributed by atoms with Gasteiger partial charge in [0.15, 0.2) is 5.96 Å². The molecule has 1 aromatic rings. The molecule has 3 rings (SSSR count). The normalized spacial score (nSPS) is 19.1. The van der Waals surface area contributed by atoms with Crippen molar-refractivity contribution in [2.45, 2.75) is 44.6 Å². The largest absolute Gasteiger partial charge is 0.495 e. The zero-order valence-electron chi connectivity index (χ0n) is 18.5. The Bertz CT molecular complexity index is 743. The second kappa shape index (κ2) is 13.2. The van der Waals surface area contributed by atoms with Crippen LogP contribution in [0.1, 0.15) is 38.5 Å². The van der Waals surface area contributed by atoms with E-state index < -0.39 is 0 Å². The van der Waals surface area contributed by atoms with Gasteiger partial charge in [-0.05, 0) is 43.4 Å². The van der Waals surface area contributed by atoms with Gasteiger partial charge < -0.3 is 25.6 Å². The number of methoxy groups -OCH3 is 1. The van der Waals surface area contributed by atoms with E-state index in [1.165, 1.54) is 25.7 Å². The number of benzene rings is 1. The number of amides is 1. The fourth-order valence-corrected chi connectivity index (χ4v) is 4.49. The Morgan fingerprint density at radius 2 is 1.97 bits per heavy atom. The molecule has 1 saturated carbocycles. The Kier molecular flexibility index (Phi) is 11.0. The third kappa shape index (κ3) is 7.89. The predicted octanol–water partition coefficient (Wildman–Crippen LogP) is 3.41. The molecule has 2 aliphatic rings. The van der Waals surface area contributed by atoms with Gasteiger partial charge in [-0.2, -0.15) is 0 Å². The molecular formula is C22H35ClIN5O2. The van der Waals surface area contributed by atoms with Crippen LogP contribution in [-0.4, -0.2) is 58.2 Å². The van der Waals surface area contributed by atoms with Crippen molar-refractivity contribution >= 4 is 53.1 Å². The number of rotatable bonds is 8. The number of nitrogens with one attached hydrogen (secondary N) is 3. The van der Waals surface area contributed by atoms with Crippen molar-refractivity contribution in [3.63, 3.8) is 0 Å². The first-order valence-electron chi connectivity index (χ1n) is 10.9. The van der Waals surface area contributed by atoms with Crippen molar-refractivity contribution in [2.24, 2.45) is 10.9 Å². The molecule has 1 heterocycles. The highest BCUT2D eigenvalue weighted by atomic mass is 127. The maximum Gasteiger partial charge on any atom is 0.220 e. The summed E-state index contributed by atoms with van der Waals surface area (Å²) in [6.45, 7) is 3.01. The standard InChI is InChI=1S/C22H34ClN5O2.HI/c1-24-22(26-11-10-25-21(29)13-16-5-3-4-6-16)27-18-9-12-28(15-18)19-14-17(23)7-8-20(19)30-2;/h7-8,14,16,18H,3-6,9-13,15H2,1-2H3,(H,25,29)(H2,24,26,27);1H. The van der Waals surface area contributed by atoms with Crippen LogP contribution in [-0.2, 0) is 4.79 Å². The highest BCUT2D eigenvalue weighted by Crippen LogP contribution is 2.33. The van der Waals surface area contributed by atoms with Gasteiger partial charge in [0.1, 0.15) is 5.75 Å². The van der Waals surface area contributed by atoms with Gasteiger partial charge in [0.05, 0.1) is 12.8 Å². The molecule has 174 valence electrons. The number of ether oxygens (including phenoxy) is 1. The molecule has 1 aliphatic carbocycles. The Morgan fingerprint density at radius 1 is 1.23 bits per heavy atom. The summed E-state index contributed by atoms with van der Waals surface area (Å²) in [4.78, 5) is 18.6. The van der Waals surface area contributed by atoms with E-state index >= 15 is 0 Å². The summed E-state index contributed by atoms with van der Waals surface area (Å²) in [6.07, 6.45) is 6.59. The minimum absolute atomic E-state index is 0. The second-order valence-corrected chi connectivity index (χ2v) is 8.53. The van der Waals surface area contributed by atoms with Gasteiger partial charge >= 0.3 is 0 Å². The van der Waals surface area contributed by atoms with Crippen LogP contribution in [0.2, 0.25) is 5.02 Å². The van der Waals surface area contributed by atoms with E-state index in [4.69, 9.17) is 16.3 Å². The van der Waals surface area contributed by atoms with Gasteiger partial charge in [0, 0.05) is 50.7 Å². The van der Waals surface area contributed by atoms with E-state index in [0.29, 0.717) is 30.5 Å². The van der Waals surface area contributed by atoms with E-state index in [-0.39, 0.29) is 35.9 Å². The maximum absolute atomic E-state index is 12.0. The van der Waals surface area contributed by atoms with Crippen molar-refractivity contribution in [1.82, 2.24) is 16.0 Å². The van der Waals surface area contributed by atoms with Crippen molar-refractivity contribution in [1.29, 1.82) is 0 Å². The summed E-state index contributed by atoms with van der Waals surface area (Å²) >= 11 is 6.18. The van der Waals surface area contributed by atoms with Gasteiger partial charge in [0.2, 0.25) is 5.91 Å². The van der Waals surface area contributed by atoms with Gasteiger partial charge in [-0.15, -0.1) is 24.0 Å². The number of aliphatic imine (C=N–C) groups is 1. The third-order valence-electron chi connectivity index (χ3n) is 5.92. The van der Waals surface area contributed by atoms with Crippen LogP contribution >= 0.6 is 35.6 Å². The summed E-state index contributed by atoms with van der Waals surface area (Å²) in [5, 5.41) is 10.5. The molecule has 1 unspecified atom stereocenters. The monoisotopic (exact) mass is 563 g/mol. The number of carbonyl (C=O) groups excluding carboxylic acids is 1. The molecule has 9 heteroatoms. The van der Waals surface area contributed by atoms with Gasteiger partial charge in [-0.1, -0.05) is 24.4 Å². The Morgan fingerprint density at radius 3 is 2.68 bits per heavy atom. The van der Waals surface area contributed by atoms with Gasteiger partial charge in [-0.3, -0.25) is 9.79 Å². The van der Waals surface area contributed by atoms with Crippen molar-refractivity contribution in [3.8, 4) is 5.75 Å². The number of carbonyl (C=O) groups is 1. The average Bonchev–Trinajstić information content (AvgIpc) is 3.42. The van der Waals surface area contributed by atoms with Crippen LogP contribution in [0.5, 0.6) is 5.75 Å². The molecule has 1 aromatic carbocycles. The van der Waals surface area contributed by atoms with Gasteiger partial charge in [-0.25, -0.2) is 0 Å². The van der Waals surface area contributed by atoms with E-state index in [0.717, 1.165) is 36.9 Å². The van der Waals surface area contributed by atoms with E-state index in [2.05, 4.69) is 25.8 Å². The maximum atomic E-state index is 12.0. The summed E-state index contributed by atoms with van der Waals surface area (Å²) in [5.41, 5.74) is 1.02. The lowest BCUT2D eigenvalue weighted by atomic mass is 10.0. The number of anilines is 1. The van der Waals surface area contributed by atoms with Crippen LogP contribution in [0.15, 0.2) is 23.2 Å². The number of guanidine groups is 1. The summed E-state index contributed by atoms with van der Waals surface area (Å²) < 4.78 is 5.49. The van der Waals surface area contributed by atoms with Crippen LogP contribution in [0.4, 0.5) is 5.69 Å². The lowest BCUT2D eigenvalue weighted by Gasteiger charge is -2.22. The first-order chi connectivity index (χ1) is 14.6. The Hall–Kier alpha value is -1.42. The number of nitrogens with zero attached hydrogens (tertiary/aromatic N) is 2. The molecule has 31 heavy (non-hydrogen) atoms. The minimum atomic E-state index is 0. The molecular weight excluding hydrogens is 529 g/mol. The number of hydrogen-bond acceptors (Lipinski definition) is 4. The predicted molar refractivity (Wildman–Crippen MR) is 138 cm³/mol. The number of hydrogen-bond donors (Lipinski definition) is 3. The number of halogens is 2. The summed E-state index contributed by atoms with van der Waals surface area (Å²) in [7, 11) is 3.44. The van der Waals surface area contributed by atoms with E-state index in [9.17, 15) is 4.79 Å². The quantitative estimate of drug-likeness (QED) is 0.196. The molecule has 3 N–H and O–H groups in total. The van der Waals surface area contributed by atoms with Crippen LogP contribution in [0.25, 0.3) is 0 Å². The SMILES string of the molecule is CN=C(NCCNC(=O)CC1CCCC1)NC1CCN(c2cc(Cl)ccc2OC)C1.I. The lowest BCUT2D eigenvalue weighted by Crippen LogP contribution is -2.46. The van der Waals surface area contributed by atoms with Crippen LogP contribution in [0, 0.1) is 5.92 Å². The van der Waals surface area contributed by atoms with E-state index in [1.54, 1.807) is 14.2 Å². The highest BCUT2D eigenvalue weighted by molar-refractivity contribution is 14.0. The Labute approximate surface area is 207 Å². The fourth-order valence-electron chi connectivity index (χ4n) is 4.33. The second-order valence-electron chi connectivity index (χ2n) is 8.10. The van der Waals surface area contributed by atoms with Crippen molar-refractivity contribution < 1.29 is 9.53 Å². The molecule has 0 bridgehead atoms. The zero-order valence-corrected chi connectivity index (χ0v) is 21.5. The zero-order chi connectivity index (χ0) is 21.3. The lowest BCUT2D eigenvalue weighted by molar-refractivity contribution is -0.121. The third-order valence-corrected chi connectivity index (χ3v) is 6.16. The topological polar surface area (TPSA) is 78.0 Å². The molecule has 0 radical (unpaired) electrons. The Balaban J connectivity index is 0.00000341. The molecule has 1 atom stereocenters.